The van der Waals surface area contributed by atoms with Gasteiger partial charge in [0.15, 0.2) is 5.79 Å². The Morgan fingerprint density at radius 2 is 2.13 bits per heavy atom. The molecule has 2 rings (SSSR count). The molecule has 0 spiro atoms. The van der Waals surface area contributed by atoms with Crippen molar-refractivity contribution >= 4 is 11.8 Å². The number of esters is 1. The predicted molar refractivity (Wildman–Crippen MR) is 81.8 cm³/mol. The van der Waals surface area contributed by atoms with Gasteiger partial charge in [0.2, 0.25) is 0 Å². The lowest BCUT2D eigenvalue weighted by molar-refractivity contribution is -0.150. The van der Waals surface area contributed by atoms with Crippen LogP contribution in [0.4, 0.5) is 0 Å². The monoisotopic (exact) mass is 324 g/mol. The number of ether oxygens (including phenoxy) is 3. The summed E-state index contributed by atoms with van der Waals surface area (Å²) in [4.78, 5) is 23.4. The maximum absolute atomic E-state index is 11.8. The van der Waals surface area contributed by atoms with E-state index in [9.17, 15) is 9.59 Å². The molecule has 0 radical (unpaired) electrons. The smallest absolute Gasteiger partial charge is 0.316 e. The summed E-state index contributed by atoms with van der Waals surface area (Å²) in [5, 5.41) is 0. The summed E-state index contributed by atoms with van der Waals surface area (Å²) in [6.07, 6.45) is 2.37. The van der Waals surface area contributed by atoms with Gasteiger partial charge in [0.1, 0.15) is 17.5 Å². The van der Waals surface area contributed by atoms with Gasteiger partial charge >= 0.3 is 5.97 Å². The summed E-state index contributed by atoms with van der Waals surface area (Å²) in [5.41, 5.74) is 0. The average Bonchev–Trinajstić information content (AvgIpc) is 3.12. The van der Waals surface area contributed by atoms with E-state index >= 15 is 0 Å². The zero-order chi connectivity index (χ0) is 17.0. The molecule has 1 saturated heterocycles. The Morgan fingerprint density at radius 3 is 2.61 bits per heavy atom. The maximum atomic E-state index is 11.8. The number of furan rings is 1. The molecule has 0 saturated carbocycles. The molecule has 1 fully saturated rings. The van der Waals surface area contributed by atoms with Crippen molar-refractivity contribution in [3.63, 3.8) is 0 Å². The van der Waals surface area contributed by atoms with E-state index in [0.717, 1.165) is 5.76 Å². The van der Waals surface area contributed by atoms with Gasteiger partial charge in [-0.05, 0) is 45.7 Å². The highest BCUT2D eigenvalue weighted by Crippen LogP contribution is 2.36. The third-order valence-electron chi connectivity index (χ3n) is 4.13. The Hall–Kier alpha value is -1.66. The van der Waals surface area contributed by atoms with Crippen LogP contribution in [0.2, 0.25) is 0 Å². The first-order valence-corrected chi connectivity index (χ1v) is 7.77. The Morgan fingerprint density at radius 1 is 1.39 bits per heavy atom. The molecule has 1 aromatic heterocycles. The quantitative estimate of drug-likeness (QED) is 0.567. The third kappa shape index (κ3) is 4.42. The van der Waals surface area contributed by atoms with Crippen LogP contribution in [0.3, 0.4) is 0 Å². The number of rotatable bonds is 7. The highest BCUT2D eigenvalue weighted by molar-refractivity contribution is 5.97. The van der Waals surface area contributed by atoms with Crippen LogP contribution in [-0.2, 0) is 23.8 Å². The third-order valence-corrected chi connectivity index (χ3v) is 4.13. The molecule has 0 bridgehead atoms. The van der Waals surface area contributed by atoms with E-state index in [1.54, 1.807) is 6.26 Å². The van der Waals surface area contributed by atoms with Gasteiger partial charge in [0.05, 0.1) is 26.1 Å². The number of Topliss-reactive ketones (excluding diaryl/α,β-unsaturated/α-hetero) is 1. The molecule has 0 amide bonds. The summed E-state index contributed by atoms with van der Waals surface area (Å²) in [5.74, 6) is -1.41. The van der Waals surface area contributed by atoms with Gasteiger partial charge in [-0.25, -0.2) is 0 Å². The van der Waals surface area contributed by atoms with Crippen molar-refractivity contribution in [2.45, 2.75) is 51.4 Å². The molecule has 0 N–H and O–H groups in total. The average molecular weight is 324 g/mol. The number of carbonyl (C=O) groups is 2. The van der Waals surface area contributed by atoms with Crippen LogP contribution in [0.25, 0.3) is 0 Å². The summed E-state index contributed by atoms with van der Waals surface area (Å²) >= 11 is 0. The first-order chi connectivity index (χ1) is 10.8. The van der Waals surface area contributed by atoms with E-state index in [4.69, 9.17) is 18.6 Å². The van der Waals surface area contributed by atoms with Gasteiger partial charge in [-0.15, -0.1) is 0 Å². The molecule has 1 aliphatic rings. The van der Waals surface area contributed by atoms with Crippen LogP contribution in [0.15, 0.2) is 22.8 Å². The fourth-order valence-electron chi connectivity index (χ4n) is 2.90. The lowest BCUT2D eigenvalue weighted by Gasteiger charge is -2.23. The number of hydrogen-bond acceptors (Lipinski definition) is 6. The molecule has 1 aromatic rings. The summed E-state index contributed by atoms with van der Waals surface area (Å²) in [7, 11) is 1.29. The van der Waals surface area contributed by atoms with Crippen molar-refractivity contribution in [3.8, 4) is 0 Å². The van der Waals surface area contributed by atoms with Crippen molar-refractivity contribution in [1.29, 1.82) is 0 Å². The minimum absolute atomic E-state index is 0.0849. The molecule has 23 heavy (non-hydrogen) atoms. The number of ketones is 1. The molecular weight excluding hydrogens is 300 g/mol. The van der Waals surface area contributed by atoms with Crippen LogP contribution in [0.5, 0.6) is 0 Å². The molecule has 128 valence electrons. The van der Waals surface area contributed by atoms with Crippen LogP contribution in [0.1, 0.15) is 45.3 Å². The molecule has 3 atom stereocenters. The van der Waals surface area contributed by atoms with Gasteiger partial charge in [-0.2, -0.15) is 0 Å². The molecule has 1 aliphatic heterocycles. The normalized spacial score (nSPS) is 22.5. The standard InChI is InChI=1S/C17H24O6/c1-11(18)12(16(19)20-4)7-8-13(14-6-5-9-21-14)15-10-22-17(2,3)23-15/h5-6,9,12-13,15H,7-8,10H2,1-4H3/t12?,13-,15+/m0/s1. The fraction of sp³-hybridized carbons (Fsp3) is 0.647. The molecule has 6 nitrogen and oxygen atoms in total. The van der Waals surface area contributed by atoms with E-state index in [2.05, 4.69) is 0 Å². The van der Waals surface area contributed by atoms with E-state index in [0.29, 0.717) is 19.4 Å². The highest BCUT2D eigenvalue weighted by Gasteiger charge is 2.39. The Balaban J connectivity index is 2.10. The number of hydrogen-bond donors (Lipinski definition) is 0. The summed E-state index contributed by atoms with van der Waals surface area (Å²) in [6, 6.07) is 3.69. The number of carbonyl (C=O) groups excluding carboxylic acids is 2. The zero-order valence-corrected chi connectivity index (χ0v) is 14.0. The summed E-state index contributed by atoms with van der Waals surface area (Å²) in [6.45, 7) is 5.57. The molecule has 2 heterocycles. The van der Waals surface area contributed by atoms with Crippen LogP contribution >= 0.6 is 0 Å². The lowest BCUT2D eigenvalue weighted by Crippen LogP contribution is -2.28. The first-order valence-electron chi connectivity index (χ1n) is 7.77. The van der Waals surface area contributed by atoms with Crippen molar-refractivity contribution in [2.75, 3.05) is 13.7 Å². The Bertz CT molecular complexity index is 533. The second-order valence-electron chi connectivity index (χ2n) is 6.25. The highest BCUT2D eigenvalue weighted by atomic mass is 16.7. The van der Waals surface area contributed by atoms with Gasteiger partial charge < -0.3 is 18.6 Å². The SMILES string of the molecule is COC(=O)C(CC[C@@H](c1ccco1)[C@H]1COC(C)(C)O1)C(C)=O. The molecule has 1 unspecified atom stereocenters. The second kappa shape index (κ2) is 7.27. The second-order valence-corrected chi connectivity index (χ2v) is 6.25. The summed E-state index contributed by atoms with van der Waals surface area (Å²) < 4.78 is 21.8. The first kappa shape index (κ1) is 17.7. The van der Waals surface area contributed by atoms with E-state index in [-0.39, 0.29) is 17.8 Å². The van der Waals surface area contributed by atoms with Gasteiger partial charge in [0, 0.05) is 5.92 Å². The molecule has 0 aromatic carbocycles. The van der Waals surface area contributed by atoms with E-state index < -0.39 is 17.7 Å². The minimum atomic E-state index is -0.757. The van der Waals surface area contributed by atoms with Gasteiger partial charge in [-0.3, -0.25) is 9.59 Å². The zero-order valence-electron chi connectivity index (χ0n) is 14.0. The van der Waals surface area contributed by atoms with Crippen molar-refractivity contribution in [2.24, 2.45) is 5.92 Å². The molecule has 0 aliphatic carbocycles. The van der Waals surface area contributed by atoms with Crippen LogP contribution < -0.4 is 0 Å². The minimum Gasteiger partial charge on any atom is -0.469 e. The molecular formula is C17H24O6. The Labute approximate surface area is 136 Å². The van der Waals surface area contributed by atoms with Gasteiger partial charge in [-0.1, -0.05) is 0 Å². The van der Waals surface area contributed by atoms with E-state index in [1.807, 2.05) is 26.0 Å². The van der Waals surface area contributed by atoms with Crippen LogP contribution in [-0.4, -0.2) is 37.4 Å². The lowest BCUT2D eigenvalue weighted by atomic mass is 9.88. The van der Waals surface area contributed by atoms with Crippen LogP contribution in [0, 0.1) is 5.92 Å². The fourth-order valence-corrected chi connectivity index (χ4v) is 2.90. The largest absolute Gasteiger partial charge is 0.469 e. The topological polar surface area (TPSA) is 75.0 Å². The molecule has 6 heteroatoms. The number of methoxy groups -OCH3 is 1. The van der Waals surface area contributed by atoms with Gasteiger partial charge in [0.25, 0.3) is 0 Å². The van der Waals surface area contributed by atoms with Crippen molar-refractivity contribution < 1.29 is 28.2 Å². The Kier molecular flexibility index (Phi) is 5.59. The van der Waals surface area contributed by atoms with E-state index in [1.165, 1.54) is 14.0 Å². The maximum Gasteiger partial charge on any atom is 0.316 e. The van der Waals surface area contributed by atoms with Crippen molar-refractivity contribution in [1.82, 2.24) is 0 Å². The van der Waals surface area contributed by atoms with Crippen molar-refractivity contribution in [3.05, 3.63) is 24.2 Å². The predicted octanol–water partition coefficient (Wildman–Crippen LogP) is 2.67.